The highest BCUT2D eigenvalue weighted by molar-refractivity contribution is 5.92. The fourth-order valence-electron chi connectivity index (χ4n) is 1.83. The predicted octanol–water partition coefficient (Wildman–Crippen LogP) is 2.98. The summed E-state index contributed by atoms with van der Waals surface area (Å²) in [4.78, 5) is 11.8. The van der Waals surface area contributed by atoms with Gasteiger partial charge in [-0.05, 0) is 24.6 Å². The van der Waals surface area contributed by atoms with Crippen molar-refractivity contribution in [1.82, 2.24) is 5.32 Å². The summed E-state index contributed by atoms with van der Waals surface area (Å²) in [6.45, 7) is 2.34. The third kappa shape index (κ3) is 4.23. The van der Waals surface area contributed by atoms with Crippen LogP contribution in [0.3, 0.4) is 0 Å². The molecule has 0 saturated carbocycles. The average molecular weight is 254 g/mol. The summed E-state index contributed by atoms with van der Waals surface area (Å²) in [6, 6.07) is 19.7. The molecule has 3 heteroatoms. The standard InChI is InChI=1S/C16H18N2O/c1-13(14-8-4-2-5-9-14)17-12-16(19)18-15-10-6-3-7-11-15/h2-11,13,17H,12H2,1H3,(H,18,19)/t13-/m1/s1. The van der Waals surface area contributed by atoms with Crippen molar-refractivity contribution in [1.29, 1.82) is 0 Å². The van der Waals surface area contributed by atoms with Gasteiger partial charge in [0.25, 0.3) is 0 Å². The Morgan fingerprint density at radius 3 is 2.21 bits per heavy atom. The van der Waals surface area contributed by atoms with Crippen molar-refractivity contribution < 1.29 is 4.79 Å². The van der Waals surface area contributed by atoms with Gasteiger partial charge in [0, 0.05) is 11.7 Å². The van der Waals surface area contributed by atoms with Gasteiger partial charge >= 0.3 is 0 Å². The maximum atomic E-state index is 11.8. The van der Waals surface area contributed by atoms with Crippen LogP contribution in [0.2, 0.25) is 0 Å². The van der Waals surface area contributed by atoms with Crippen LogP contribution < -0.4 is 10.6 Å². The van der Waals surface area contributed by atoms with Gasteiger partial charge in [0.2, 0.25) is 5.91 Å². The maximum Gasteiger partial charge on any atom is 0.238 e. The van der Waals surface area contributed by atoms with Crippen molar-refractivity contribution in [3.8, 4) is 0 Å². The number of hydrogen-bond acceptors (Lipinski definition) is 2. The molecule has 0 heterocycles. The van der Waals surface area contributed by atoms with Gasteiger partial charge in [0.05, 0.1) is 6.54 Å². The Labute approximate surface area is 113 Å². The van der Waals surface area contributed by atoms with E-state index in [9.17, 15) is 4.79 Å². The van der Waals surface area contributed by atoms with Crippen LogP contribution in [0.15, 0.2) is 60.7 Å². The van der Waals surface area contributed by atoms with Gasteiger partial charge in [-0.2, -0.15) is 0 Å². The molecule has 0 aliphatic heterocycles. The van der Waals surface area contributed by atoms with E-state index in [1.54, 1.807) is 0 Å². The third-order valence-electron chi connectivity index (χ3n) is 2.93. The van der Waals surface area contributed by atoms with Crippen LogP contribution in [-0.4, -0.2) is 12.5 Å². The molecular weight excluding hydrogens is 236 g/mol. The fraction of sp³-hybridized carbons (Fsp3) is 0.188. The summed E-state index contributed by atoms with van der Waals surface area (Å²) in [5, 5.41) is 6.05. The number of benzene rings is 2. The number of rotatable bonds is 5. The maximum absolute atomic E-state index is 11.8. The zero-order chi connectivity index (χ0) is 13.5. The molecular formula is C16H18N2O. The fourth-order valence-corrected chi connectivity index (χ4v) is 1.83. The van der Waals surface area contributed by atoms with Crippen molar-refractivity contribution in [3.63, 3.8) is 0 Å². The normalized spacial score (nSPS) is 11.8. The van der Waals surface area contributed by atoms with Crippen molar-refractivity contribution in [2.24, 2.45) is 0 Å². The number of carbonyl (C=O) groups is 1. The van der Waals surface area contributed by atoms with Crippen molar-refractivity contribution in [2.45, 2.75) is 13.0 Å². The first kappa shape index (κ1) is 13.3. The third-order valence-corrected chi connectivity index (χ3v) is 2.93. The Balaban J connectivity index is 1.81. The monoisotopic (exact) mass is 254 g/mol. The topological polar surface area (TPSA) is 41.1 Å². The highest BCUT2D eigenvalue weighted by atomic mass is 16.1. The minimum Gasteiger partial charge on any atom is -0.325 e. The first-order valence-electron chi connectivity index (χ1n) is 6.39. The van der Waals surface area contributed by atoms with E-state index in [4.69, 9.17) is 0 Å². The molecule has 0 spiro atoms. The van der Waals surface area contributed by atoms with E-state index in [1.165, 1.54) is 5.56 Å². The van der Waals surface area contributed by atoms with Crippen LogP contribution in [-0.2, 0) is 4.79 Å². The lowest BCUT2D eigenvalue weighted by molar-refractivity contribution is -0.115. The highest BCUT2D eigenvalue weighted by Gasteiger charge is 2.07. The number of anilines is 1. The Morgan fingerprint density at radius 2 is 1.58 bits per heavy atom. The molecule has 0 aromatic heterocycles. The van der Waals surface area contributed by atoms with E-state index in [0.29, 0.717) is 6.54 Å². The van der Waals surface area contributed by atoms with E-state index in [0.717, 1.165) is 5.69 Å². The molecule has 0 radical (unpaired) electrons. The Kier molecular flexibility index (Phi) is 4.70. The number of hydrogen-bond donors (Lipinski definition) is 2. The minimum absolute atomic E-state index is 0.0334. The Hall–Kier alpha value is -2.13. The van der Waals surface area contributed by atoms with Crippen molar-refractivity contribution >= 4 is 11.6 Å². The second-order valence-corrected chi connectivity index (χ2v) is 4.43. The molecule has 0 saturated heterocycles. The minimum atomic E-state index is -0.0334. The van der Waals surface area contributed by atoms with Gasteiger partial charge < -0.3 is 10.6 Å². The van der Waals surface area contributed by atoms with Gasteiger partial charge in [-0.1, -0.05) is 48.5 Å². The van der Waals surface area contributed by atoms with Crippen molar-refractivity contribution in [3.05, 3.63) is 66.2 Å². The van der Waals surface area contributed by atoms with Crippen LogP contribution >= 0.6 is 0 Å². The van der Waals surface area contributed by atoms with E-state index in [-0.39, 0.29) is 11.9 Å². The lowest BCUT2D eigenvalue weighted by Crippen LogP contribution is -2.30. The Morgan fingerprint density at radius 1 is 1.00 bits per heavy atom. The lowest BCUT2D eigenvalue weighted by Gasteiger charge is -2.14. The highest BCUT2D eigenvalue weighted by Crippen LogP contribution is 2.10. The number of amides is 1. The number of carbonyl (C=O) groups excluding carboxylic acids is 1. The van der Waals surface area contributed by atoms with Crippen LogP contribution in [0.5, 0.6) is 0 Å². The van der Waals surface area contributed by atoms with Crippen molar-refractivity contribution in [2.75, 3.05) is 11.9 Å². The molecule has 19 heavy (non-hydrogen) atoms. The first-order valence-corrected chi connectivity index (χ1v) is 6.39. The second-order valence-electron chi connectivity index (χ2n) is 4.43. The zero-order valence-corrected chi connectivity index (χ0v) is 11.0. The number of nitrogens with one attached hydrogen (secondary N) is 2. The summed E-state index contributed by atoms with van der Waals surface area (Å²) >= 11 is 0. The van der Waals surface area contributed by atoms with E-state index in [1.807, 2.05) is 67.6 Å². The van der Waals surface area contributed by atoms with E-state index >= 15 is 0 Å². The molecule has 2 aromatic carbocycles. The van der Waals surface area contributed by atoms with Gasteiger partial charge in [-0.25, -0.2) is 0 Å². The summed E-state index contributed by atoms with van der Waals surface area (Å²) in [6.07, 6.45) is 0. The molecule has 1 atom stereocenters. The van der Waals surface area contributed by atoms with Gasteiger partial charge in [-0.3, -0.25) is 4.79 Å². The van der Waals surface area contributed by atoms with E-state index < -0.39 is 0 Å². The van der Waals surface area contributed by atoms with Gasteiger partial charge in [-0.15, -0.1) is 0 Å². The molecule has 3 nitrogen and oxygen atoms in total. The number of para-hydroxylation sites is 1. The quantitative estimate of drug-likeness (QED) is 0.861. The molecule has 2 N–H and O–H groups in total. The largest absolute Gasteiger partial charge is 0.325 e. The first-order chi connectivity index (χ1) is 9.25. The summed E-state index contributed by atoms with van der Waals surface area (Å²) in [5.74, 6) is -0.0334. The van der Waals surface area contributed by atoms with Crippen LogP contribution in [0.4, 0.5) is 5.69 Å². The predicted molar refractivity (Wildman–Crippen MR) is 77.9 cm³/mol. The second kappa shape index (κ2) is 6.71. The summed E-state index contributed by atoms with van der Waals surface area (Å²) in [7, 11) is 0. The smallest absolute Gasteiger partial charge is 0.238 e. The molecule has 0 unspecified atom stereocenters. The van der Waals surface area contributed by atoms with Gasteiger partial charge in [0.15, 0.2) is 0 Å². The molecule has 0 bridgehead atoms. The molecule has 98 valence electrons. The zero-order valence-electron chi connectivity index (χ0n) is 11.0. The van der Waals surface area contributed by atoms with E-state index in [2.05, 4.69) is 10.6 Å². The van der Waals surface area contributed by atoms with Crippen LogP contribution in [0.1, 0.15) is 18.5 Å². The Bertz CT molecular complexity index is 511. The summed E-state index contributed by atoms with van der Waals surface area (Å²) in [5.41, 5.74) is 2.00. The summed E-state index contributed by atoms with van der Waals surface area (Å²) < 4.78 is 0. The lowest BCUT2D eigenvalue weighted by atomic mass is 10.1. The average Bonchev–Trinajstić information content (AvgIpc) is 2.47. The van der Waals surface area contributed by atoms with Gasteiger partial charge in [0.1, 0.15) is 0 Å². The molecule has 2 rings (SSSR count). The molecule has 1 amide bonds. The molecule has 2 aromatic rings. The van der Waals surface area contributed by atoms with Crippen LogP contribution in [0, 0.1) is 0 Å². The SMILES string of the molecule is C[C@@H](NCC(=O)Nc1ccccc1)c1ccccc1. The molecule has 0 fully saturated rings. The molecule has 0 aliphatic rings. The van der Waals surface area contributed by atoms with Crippen LogP contribution in [0.25, 0.3) is 0 Å². The molecule has 0 aliphatic carbocycles.